The number of aromatic amines is 1. The predicted octanol–water partition coefficient (Wildman–Crippen LogP) is 0.965. The zero-order valence-electron chi connectivity index (χ0n) is 10.3. The Morgan fingerprint density at radius 2 is 1.95 bits per heavy atom. The fraction of sp³-hybridized carbons (Fsp3) is 0.154. The molecule has 2 aromatic rings. The molecule has 0 spiro atoms. The minimum atomic E-state index is -0.462. The number of nitrogens with two attached hydrogens (primary N) is 1. The van der Waals surface area contributed by atoms with Crippen LogP contribution >= 0.6 is 0 Å². The Hall–Kier alpha value is -2.70. The van der Waals surface area contributed by atoms with E-state index in [1.807, 2.05) is 0 Å². The molecule has 1 aromatic heterocycles. The summed E-state index contributed by atoms with van der Waals surface area (Å²) < 4.78 is 13.0. The lowest BCUT2D eigenvalue weighted by Crippen LogP contribution is -2.31. The number of rotatable bonds is 1. The van der Waals surface area contributed by atoms with Gasteiger partial charge in [-0.2, -0.15) is 4.98 Å². The van der Waals surface area contributed by atoms with Crippen molar-refractivity contribution in [2.75, 3.05) is 11.1 Å². The molecule has 0 saturated heterocycles. The third-order valence-corrected chi connectivity index (χ3v) is 3.24. The lowest BCUT2D eigenvalue weighted by Gasteiger charge is -2.24. The van der Waals surface area contributed by atoms with Crippen LogP contribution in [0.25, 0.3) is 0 Å². The molecule has 0 bridgehead atoms. The van der Waals surface area contributed by atoms with Crippen LogP contribution in [0.15, 0.2) is 29.1 Å². The normalized spacial score (nSPS) is 17.4. The first-order chi connectivity index (χ1) is 9.54. The molecule has 0 aliphatic carbocycles. The van der Waals surface area contributed by atoms with Crippen LogP contribution < -0.4 is 16.6 Å². The van der Waals surface area contributed by atoms with E-state index in [0.717, 1.165) is 0 Å². The second kappa shape index (κ2) is 4.44. The maximum Gasteiger partial charge on any atom is 0.258 e. The summed E-state index contributed by atoms with van der Waals surface area (Å²) in [6.07, 6.45) is 0.104. The molecule has 7 heteroatoms. The smallest absolute Gasteiger partial charge is 0.258 e. The second-order valence-electron chi connectivity index (χ2n) is 4.57. The van der Waals surface area contributed by atoms with Crippen LogP contribution in [0, 0.1) is 5.82 Å². The maximum atomic E-state index is 13.0. The van der Waals surface area contributed by atoms with E-state index >= 15 is 0 Å². The number of aromatic nitrogens is 2. The average molecular weight is 274 g/mol. The summed E-state index contributed by atoms with van der Waals surface area (Å²) in [6.45, 7) is 0. The number of nitrogens with one attached hydrogen (secondary N) is 2. The molecule has 102 valence electrons. The first kappa shape index (κ1) is 12.3. The molecule has 4 N–H and O–H groups in total. The number of nitrogens with zero attached hydrogens (tertiary/aromatic N) is 1. The Morgan fingerprint density at radius 3 is 2.65 bits per heavy atom. The number of amides is 1. The van der Waals surface area contributed by atoms with E-state index in [0.29, 0.717) is 11.1 Å². The third-order valence-electron chi connectivity index (χ3n) is 3.24. The minimum absolute atomic E-state index is 0.0613. The van der Waals surface area contributed by atoms with Gasteiger partial charge in [0.15, 0.2) is 0 Å². The van der Waals surface area contributed by atoms with Gasteiger partial charge in [0.05, 0.1) is 5.56 Å². The van der Waals surface area contributed by atoms with Gasteiger partial charge in [-0.15, -0.1) is 0 Å². The van der Waals surface area contributed by atoms with Crippen LogP contribution in [-0.4, -0.2) is 15.9 Å². The molecule has 0 radical (unpaired) electrons. The van der Waals surface area contributed by atoms with Crippen molar-refractivity contribution in [1.82, 2.24) is 9.97 Å². The highest BCUT2D eigenvalue weighted by molar-refractivity contribution is 5.94. The molecule has 2 heterocycles. The molecule has 20 heavy (non-hydrogen) atoms. The highest BCUT2D eigenvalue weighted by Crippen LogP contribution is 2.33. The number of H-pyrrole nitrogens is 1. The van der Waals surface area contributed by atoms with Crippen molar-refractivity contribution >= 4 is 17.7 Å². The SMILES string of the molecule is Nc1nc2c(c(=O)[nH]1)[C@H](c1ccc(F)cc1)CC(=O)N2. The van der Waals surface area contributed by atoms with Gasteiger partial charge in [0.25, 0.3) is 5.56 Å². The summed E-state index contributed by atoms with van der Waals surface area (Å²) in [7, 11) is 0. The number of hydrogen-bond donors (Lipinski definition) is 3. The van der Waals surface area contributed by atoms with Gasteiger partial charge in [-0.25, -0.2) is 4.39 Å². The third kappa shape index (κ3) is 2.03. The molecule has 1 aliphatic rings. The van der Waals surface area contributed by atoms with Crippen LogP contribution in [0.3, 0.4) is 0 Å². The number of anilines is 2. The van der Waals surface area contributed by atoms with Crippen molar-refractivity contribution < 1.29 is 9.18 Å². The van der Waals surface area contributed by atoms with Crippen molar-refractivity contribution in [2.24, 2.45) is 0 Å². The van der Waals surface area contributed by atoms with Gasteiger partial charge in [-0.3, -0.25) is 14.6 Å². The molecule has 6 nitrogen and oxygen atoms in total. The minimum Gasteiger partial charge on any atom is -0.369 e. The van der Waals surface area contributed by atoms with Gasteiger partial charge >= 0.3 is 0 Å². The lowest BCUT2D eigenvalue weighted by atomic mass is 9.87. The van der Waals surface area contributed by atoms with E-state index in [1.54, 1.807) is 12.1 Å². The number of benzene rings is 1. The molecule has 1 aromatic carbocycles. The molecule has 1 amide bonds. The standard InChI is InChI=1S/C13H11FN4O2/c14-7-3-1-6(2-4-7)8-5-9(19)16-11-10(8)12(20)18-13(15)17-11/h1-4,8H,5H2,(H4,15,16,17,18,19,20)/t8-/m0/s1. The largest absolute Gasteiger partial charge is 0.369 e. The molecule has 0 unspecified atom stereocenters. The van der Waals surface area contributed by atoms with E-state index in [1.165, 1.54) is 12.1 Å². The van der Waals surface area contributed by atoms with Gasteiger partial charge in [0, 0.05) is 12.3 Å². The van der Waals surface area contributed by atoms with Crippen LogP contribution in [0.2, 0.25) is 0 Å². The maximum absolute atomic E-state index is 13.0. The monoisotopic (exact) mass is 274 g/mol. The van der Waals surface area contributed by atoms with Crippen LogP contribution in [0.1, 0.15) is 23.5 Å². The molecule has 0 fully saturated rings. The topological polar surface area (TPSA) is 101 Å². The first-order valence-electron chi connectivity index (χ1n) is 5.99. The molecular weight excluding hydrogens is 263 g/mol. The van der Waals surface area contributed by atoms with E-state index in [2.05, 4.69) is 15.3 Å². The highest BCUT2D eigenvalue weighted by atomic mass is 19.1. The predicted molar refractivity (Wildman–Crippen MR) is 70.8 cm³/mol. The number of hydrogen-bond acceptors (Lipinski definition) is 4. The van der Waals surface area contributed by atoms with Crippen molar-refractivity contribution in [1.29, 1.82) is 0 Å². The van der Waals surface area contributed by atoms with Gasteiger partial charge in [-0.1, -0.05) is 12.1 Å². The summed E-state index contributed by atoms with van der Waals surface area (Å²) >= 11 is 0. The van der Waals surface area contributed by atoms with Crippen molar-refractivity contribution in [3.8, 4) is 0 Å². The summed E-state index contributed by atoms with van der Waals surface area (Å²) in [5.41, 5.74) is 6.08. The molecule has 1 atom stereocenters. The Labute approximate surface area is 112 Å². The molecular formula is C13H11FN4O2. The Balaban J connectivity index is 2.17. The summed E-state index contributed by atoms with van der Waals surface area (Å²) in [4.78, 5) is 30.1. The zero-order valence-corrected chi connectivity index (χ0v) is 10.3. The Bertz CT molecular complexity index is 739. The summed E-state index contributed by atoms with van der Waals surface area (Å²) in [5.74, 6) is -0.996. The van der Waals surface area contributed by atoms with Gasteiger partial charge in [0.1, 0.15) is 11.6 Å². The second-order valence-corrected chi connectivity index (χ2v) is 4.57. The number of halogens is 1. The quantitative estimate of drug-likeness (QED) is 0.721. The van der Waals surface area contributed by atoms with Crippen molar-refractivity contribution in [2.45, 2.75) is 12.3 Å². The number of nitrogen functional groups attached to an aromatic ring is 1. The molecule has 3 rings (SSSR count). The number of carbonyl (C=O) groups excluding carboxylic acids is 1. The Morgan fingerprint density at radius 1 is 1.25 bits per heavy atom. The fourth-order valence-corrected chi connectivity index (χ4v) is 2.37. The van der Waals surface area contributed by atoms with Gasteiger partial charge < -0.3 is 11.1 Å². The zero-order chi connectivity index (χ0) is 14.3. The Kier molecular flexibility index (Phi) is 2.74. The van der Waals surface area contributed by atoms with Gasteiger partial charge in [-0.05, 0) is 17.7 Å². The highest BCUT2D eigenvalue weighted by Gasteiger charge is 2.30. The van der Waals surface area contributed by atoms with E-state index in [9.17, 15) is 14.0 Å². The molecule has 1 aliphatic heterocycles. The number of fused-ring (bicyclic) bond motifs is 1. The lowest BCUT2D eigenvalue weighted by molar-refractivity contribution is -0.116. The summed E-state index contributed by atoms with van der Waals surface area (Å²) in [5, 5.41) is 2.53. The first-order valence-corrected chi connectivity index (χ1v) is 5.99. The van der Waals surface area contributed by atoms with E-state index in [-0.39, 0.29) is 29.9 Å². The fourth-order valence-electron chi connectivity index (χ4n) is 2.37. The van der Waals surface area contributed by atoms with E-state index in [4.69, 9.17) is 5.73 Å². The summed E-state index contributed by atoms with van der Waals surface area (Å²) in [6, 6.07) is 5.69. The average Bonchev–Trinajstić information content (AvgIpc) is 2.37. The molecule has 0 saturated carbocycles. The van der Waals surface area contributed by atoms with E-state index < -0.39 is 11.5 Å². The van der Waals surface area contributed by atoms with Crippen molar-refractivity contribution in [3.05, 3.63) is 51.6 Å². The van der Waals surface area contributed by atoms with Crippen LogP contribution in [0.4, 0.5) is 16.2 Å². The van der Waals surface area contributed by atoms with Crippen molar-refractivity contribution in [3.63, 3.8) is 0 Å². The van der Waals surface area contributed by atoms with Crippen LogP contribution in [-0.2, 0) is 4.79 Å². The van der Waals surface area contributed by atoms with Crippen LogP contribution in [0.5, 0.6) is 0 Å². The number of carbonyl (C=O) groups is 1. The van der Waals surface area contributed by atoms with Gasteiger partial charge in [0.2, 0.25) is 11.9 Å².